The summed E-state index contributed by atoms with van der Waals surface area (Å²) in [7, 11) is 0. The van der Waals surface area contributed by atoms with E-state index >= 15 is 0 Å². The van der Waals surface area contributed by atoms with E-state index in [9.17, 15) is 0 Å². The topological polar surface area (TPSA) is 0 Å². The van der Waals surface area contributed by atoms with E-state index < -0.39 is 0 Å². The van der Waals surface area contributed by atoms with E-state index in [1.165, 1.54) is 27.7 Å². The Labute approximate surface area is 63.8 Å². The number of thioether (sulfide) groups is 2. The van der Waals surface area contributed by atoms with Gasteiger partial charge in [0.05, 0.1) is 0 Å². The van der Waals surface area contributed by atoms with E-state index in [2.05, 4.69) is 12.2 Å². The first-order valence-corrected chi connectivity index (χ1v) is 5.10. The SMILES string of the molecule is C1=C2SCSC2=CCC1. The highest BCUT2D eigenvalue weighted by atomic mass is 32.2. The maximum absolute atomic E-state index is 2.36. The molecule has 1 saturated heterocycles. The zero-order valence-electron chi connectivity index (χ0n) is 5.09. The zero-order valence-corrected chi connectivity index (χ0v) is 6.73. The normalized spacial score (nSPS) is 24.9. The molecule has 0 saturated carbocycles. The minimum Gasteiger partial charge on any atom is -0.114 e. The molecule has 0 atom stereocenters. The van der Waals surface area contributed by atoms with Crippen molar-refractivity contribution in [2.75, 3.05) is 5.08 Å². The van der Waals surface area contributed by atoms with Crippen molar-refractivity contribution in [2.45, 2.75) is 12.8 Å². The van der Waals surface area contributed by atoms with E-state index in [0.29, 0.717) is 0 Å². The fraction of sp³-hybridized carbons (Fsp3) is 0.429. The minimum absolute atomic E-state index is 1.23. The predicted octanol–water partition coefficient (Wildman–Crippen LogP) is 2.99. The number of hydrogen-bond donors (Lipinski definition) is 0. The molecule has 1 fully saturated rings. The minimum atomic E-state index is 1.23. The lowest BCUT2D eigenvalue weighted by atomic mass is 10.2. The molecule has 0 aromatic carbocycles. The van der Waals surface area contributed by atoms with Crippen LogP contribution in [0.25, 0.3) is 0 Å². The van der Waals surface area contributed by atoms with Crippen LogP contribution >= 0.6 is 23.5 Å². The Morgan fingerprint density at radius 3 is 2.11 bits per heavy atom. The highest BCUT2D eigenvalue weighted by Gasteiger charge is 2.15. The Hall–Kier alpha value is 0.180. The van der Waals surface area contributed by atoms with Gasteiger partial charge in [-0.15, -0.1) is 23.5 Å². The number of rotatable bonds is 0. The molecule has 0 aromatic heterocycles. The first kappa shape index (κ1) is 5.93. The van der Waals surface area contributed by atoms with Crippen LogP contribution in [0.2, 0.25) is 0 Å². The Morgan fingerprint density at radius 1 is 1.00 bits per heavy atom. The monoisotopic (exact) mass is 156 g/mol. The second kappa shape index (κ2) is 2.43. The van der Waals surface area contributed by atoms with Crippen LogP contribution in [0.1, 0.15) is 12.8 Å². The van der Waals surface area contributed by atoms with E-state index in [1.807, 2.05) is 23.5 Å². The Morgan fingerprint density at radius 2 is 1.56 bits per heavy atom. The summed E-state index contributed by atoms with van der Waals surface area (Å²) < 4.78 is 0. The van der Waals surface area contributed by atoms with Gasteiger partial charge >= 0.3 is 0 Å². The van der Waals surface area contributed by atoms with Gasteiger partial charge in [0, 0.05) is 14.9 Å². The standard InChI is InChI=1S/C7H8S2/c1-2-4-7-6(3-1)8-5-9-7/h3-4H,1-2,5H2. The van der Waals surface area contributed by atoms with E-state index in [4.69, 9.17) is 0 Å². The molecule has 0 nitrogen and oxygen atoms in total. The highest BCUT2D eigenvalue weighted by molar-refractivity contribution is 8.23. The van der Waals surface area contributed by atoms with Gasteiger partial charge < -0.3 is 0 Å². The van der Waals surface area contributed by atoms with Gasteiger partial charge in [0.1, 0.15) is 0 Å². The van der Waals surface area contributed by atoms with Gasteiger partial charge in [-0.3, -0.25) is 0 Å². The molecule has 2 heteroatoms. The van der Waals surface area contributed by atoms with Gasteiger partial charge in [0.15, 0.2) is 0 Å². The first-order valence-electron chi connectivity index (χ1n) is 3.13. The Kier molecular flexibility index (Phi) is 1.60. The number of allylic oxidation sites excluding steroid dienone is 2. The summed E-state index contributed by atoms with van der Waals surface area (Å²) in [6, 6.07) is 0. The number of fused-ring (bicyclic) bond motifs is 1. The van der Waals surface area contributed by atoms with Gasteiger partial charge in [-0.2, -0.15) is 0 Å². The van der Waals surface area contributed by atoms with E-state index in [0.717, 1.165) is 0 Å². The van der Waals surface area contributed by atoms with Crippen molar-refractivity contribution in [1.29, 1.82) is 0 Å². The molecule has 9 heavy (non-hydrogen) atoms. The molecule has 1 heterocycles. The molecule has 0 spiro atoms. The molecule has 0 amide bonds. The largest absolute Gasteiger partial charge is 0.114 e. The van der Waals surface area contributed by atoms with Crippen LogP contribution < -0.4 is 0 Å². The van der Waals surface area contributed by atoms with Gasteiger partial charge in [-0.05, 0) is 12.8 Å². The molecule has 0 radical (unpaired) electrons. The van der Waals surface area contributed by atoms with Crippen LogP contribution in [0.4, 0.5) is 0 Å². The molecule has 0 aromatic rings. The molecular formula is C7H8S2. The summed E-state index contributed by atoms with van der Waals surface area (Å²) in [4.78, 5) is 3.07. The summed E-state index contributed by atoms with van der Waals surface area (Å²) in [5.74, 6) is 0. The van der Waals surface area contributed by atoms with Crippen LogP contribution in [-0.4, -0.2) is 5.08 Å². The Bertz CT molecular complexity index is 159. The second-order valence-electron chi connectivity index (χ2n) is 2.12. The van der Waals surface area contributed by atoms with Crippen LogP contribution in [0.3, 0.4) is 0 Å². The number of hydrogen-bond acceptors (Lipinski definition) is 2. The summed E-state index contributed by atoms with van der Waals surface area (Å²) >= 11 is 3.96. The average molecular weight is 156 g/mol. The van der Waals surface area contributed by atoms with Gasteiger partial charge in [-0.1, -0.05) is 12.2 Å². The summed E-state index contributed by atoms with van der Waals surface area (Å²) in [6.45, 7) is 0. The Balaban J connectivity index is 2.30. The lowest BCUT2D eigenvalue weighted by molar-refractivity contribution is 1.03. The van der Waals surface area contributed by atoms with Crippen LogP contribution in [-0.2, 0) is 0 Å². The molecular weight excluding hydrogens is 148 g/mol. The van der Waals surface area contributed by atoms with Crippen molar-refractivity contribution < 1.29 is 0 Å². The summed E-state index contributed by atoms with van der Waals surface area (Å²) in [5, 5.41) is 1.23. The van der Waals surface area contributed by atoms with E-state index in [1.54, 1.807) is 0 Å². The molecule has 48 valence electrons. The molecule has 2 rings (SSSR count). The maximum atomic E-state index is 2.36. The molecule has 1 aliphatic heterocycles. The fourth-order valence-corrected chi connectivity index (χ4v) is 3.57. The van der Waals surface area contributed by atoms with Crippen LogP contribution in [0, 0.1) is 0 Å². The molecule has 0 unspecified atom stereocenters. The quantitative estimate of drug-likeness (QED) is 0.529. The first-order chi connectivity index (χ1) is 4.47. The van der Waals surface area contributed by atoms with Crippen molar-refractivity contribution in [2.24, 2.45) is 0 Å². The lowest BCUT2D eigenvalue weighted by Crippen LogP contribution is -1.80. The van der Waals surface area contributed by atoms with Gasteiger partial charge in [-0.25, -0.2) is 0 Å². The zero-order chi connectivity index (χ0) is 6.10. The lowest BCUT2D eigenvalue weighted by Gasteiger charge is -2.03. The van der Waals surface area contributed by atoms with Gasteiger partial charge in [0.2, 0.25) is 0 Å². The predicted molar refractivity (Wildman–Crippen MR) is 45.4 cm³/mol. The van der Waals surface area contributed by atoms with Gasteiger partial charge in [0.25, 0.3) is 0 Å². The molecule has 1 aliphatic carbocycles. The fourth-order valence-electron chi connectivity index (χ4n) is 1.05. The third-order valence-electron chi connectivity index (χ3n) is 1.50. The van der Waals surface area contributed by atoms with Crippen molar-refractivity contribution in [3.05, 3.63) is 22.0 Å². The van der Waals surface area contributed by atoms with Crippen LogP contribution in [0.5, 0.6) is 0 Å². The smallest absolute Gasteiger partial charge is 0.0487 e. The summed E-state index contributed by atoms with van der Waals surface area (Å²) in [5.41, 5.74) is 0. The van der Waals surface area contributed by atoms with Crippen molar-refractivity contribution in [3.63, 3.8) is 0 Å². The van der Waals surface area contributed by atoms with Crippen molar-refractivity contribution >= 4 is 23.5 Å². The second-order valence-corrected chi connectivity index (χ2v) is 4.52. The van der Waals surface area contributed by atoms with Crippen molar-refractivity contribution in [3.8, 4) is 0 Å². The highest BCUT2D eigenvalue weighted by Crippen LogP contribution is 2.45. The third kappa shape index (κ3) is 1.06. The average Bonchev–Trinajstić information content (AvgIpc) is 2.33. The maximum Gasteiger partial charge on any atom is 0.0487 e. The summed E-state index contributed by atoms with van der Waals surface area (Å²) in [6.07, 6.45) is 7.23. The third-order valence-corrected chi connectivity index (χ3v) is 3.97. The molecule has 0 N–H and O–H groups in total. The van der Waals surface area contributed by atoms with Crippen molar-refractivity contribution in [1.82, 2.24) is 0 Å². The molecule has 0 bridgehead atoms. The van der Waals surface area contributed by atoms with E-state index in [-0.39, 0.29) is 0 Å². The van der Waals surface area contributed by atoms with Crippen LogP contribution in [0.15, 0.2) is 22.0 Å². The molecule has 2 aliphatic rings.